The van der Waals surface area contributed by atoms with E-state index in [4.69, 9.17) is 21.7 Å². The molecule has 0 saturated heterocycles. The predicted octanol–water partition coefficient (Wildman–Crippen LogP) is 3.80. The average molecular weight is 267 g/mol. The lowest BCUT2D eigenvalue weighted by Crippen LogP contribution is -1.91. The fourth-order valence-electron chi connectivity index (χ4n) is 1.67. The Hall–Kier alpha value is -1.33. The van der Waals surface area contributed by atoms with Gasteiger partial charge in [0.2, 0.25) is 0 Å². The zero-order chi connectivity index (χ0) is 12.4. The lowest BCUT2D eigenvalue weighted by atomic mass is 10.1. The summed E-state index contributed by atoms with van der Waals surface area (Å²) in [4.78, 5) is 4.34. The molecule has 0 fully saturated rings. The van der Waals surface area contributed by atoms with Crippen LogP contribution in [0.5, 0.6) is 11.5 Å². The number of ether oxygens (including phenoxy) is 2. The summed E-state index contributed by atoms with van der Waals surface area (Å²) in [5.41, 5.74) is 2.01. The number of hydrogen-bond acceptors (Lipinski definition) is 4. The molecule has 0 aliphatic rings. The van der Waals surface area contributed by atoms with Gasteiger partial charge < -0.3 is 14.5 Å². The SMILES string of the molecule is COc1ccc(-c2[nH]c(=S)sc2C)c(OC)c1. The van der Waals surface area contributed by atoms with Crippen LogP contribution < -0.4 is 9.47 Å². The molecular weight excluding hydrogens is 254 g/mol. The molecule has 2 aromatic rings. The van der Waals surface area contributed by atoms with Crippen molar-refractivity contribution in [1.29, 1.82) is 0 Å². The number of benzene rings is 1. The van der Waals surface area contributed by atoms with Gasteiger partial charge in [0.15, 0.2) is 3.95 Å². The summed E-state index contributed by atoms with van der Waals surface area (Å²) >= 11 is 6.71. The molecule has 17 heavy (non-hydrogen) atoms. The molecule has 0 bridgehead atoms. The van der Waals surface area contributed by atoms with Crippen LogP contribution in [0.1, 0.15) is 4.88 Å². The second-order valence-corrected chi connectivity index (χ2v) is 5.40. The number of aromatic nitrogens is 1. The maximum atomic E-state index is 5.38. The van der Waals surface area contributed by atoms with Crippen molar-refractivity contribution in [2.75, 3.05) is 14.2 Å². The number of aryl methyl sites for hydroxylation is 1. The highest BCUT2D eigenvalue weighted by Crippen LogP contribution is 2.35. The minimum atomic E-state index is 0.773. The standard InChI is InChI=1S/C12H13NO2S2/c1-7-11(13-12(16)17-7)9-5-4-8(14-2)6-10(9)15-3/h4-6H,1-3H3,(H,13,16). The highest BCUT2D eigenvalue weighted by atomic mass is 32.1. The normalized spacial score (nSPS) is 10.3. The Morgan fingerprint density at radius 3 is 2.53 bits per heavy atom. The van der Waals surface area contributed by atoms with E-state index < -0.39 is 0 Å². The molecule has 1 aromatic carbocycles. The van der Waals surface area contributed by atoms with E-state index in [9.17, 15) is 0 Å². The van der Waals surface area contributed by atoms with Crippen LogP contribution >= 0.6 is 23.6 Å². The van der Waals surface area contributed by atoms with E-state index in [0.29, 0.717) is 0 Å². The van der Waals surface area contributed by atoms with Gasteiger partial charge in [-0.15, -0.1) is 11.3 Å². The molecule has 0 atom stereocenters. The van der Waals surface area contributed by atoms with Gasteiger partial charge in [-0.1, -0.05) is 0 Å². The molecule has 90 valence electrons. The fraction of sp³-hybridized carbons (Fsp3) is 0.250. The quantitative estimate of drug-likeness (QED) is 0.859. The van der Waals surface area contributed by atoms with Crippen molar-refractivity contribution in [3.8, 4) is 22.8 Å². The Morgan fingerprint density at radius 1 is 1.24 bits per heavy atom. The van der Waals surface area contributed by atoms with E-state index in [1.165, 1.54) is 0 Å². The molecule has 1 N–H and O–H groups in total. The Morgan fingerprint density at radius 2 is 2.00 bits per heavy atom. The summed E-state index contributed by atoms with van der Waals surface area (Å²) < 4.78 is 11.3. The van der Waals surface area contributed by atoms with Gasteiger partial charge in [0.1, 0.15) is 11.5 Å². The van der Waals surface area contributed by atoms with Gasteiger partial charge in [-0.05, 0) is 31.3 Å². The van der Waals surface area contributed by atoms with Crippen LogP contribution in [0.2, 0.25) is 0 Å². The van der Waals surface area contributed by atoms with Crippen molar-refractivity contribution in [1.82, 2.24) is 4.98 Å². The Balaban J connectivity index is 2.59. The summed E-state index contributed by atoms with van der Waals surface area (Å²) in [6.45, 7) is 2.04. The van der Waals surface area contributed by atoms with E-state index >= 15 is 0 Å². The first-order valence-electron chi connectivity index (χ1n) is 5.08. The number of aromatic amines is 1. The highest BCUT2D eigenvalue weighted by molar-refractivity contribution is 7.73. The van der Waals surface area contributed by atoms with Gasteiger partial charge >= 0.3 is 0 Å². The Labute approximate surface area is 109 Å². The minimum Gasteiger partial charge on any atom is -0.497 e. The molecule has 2 rings (SSSR count). The average Bonchev–Trinajstić information content (AvgIpc) is 2.67. The third-order valence-electron chi connectivity index (χ3n) is 2.50. The zero-order valence-electron chi connectivity index (χ0n) is 9.87. The van der Waals surface area contributed by atoms with Gasteiger partial charge in [0.05, 0.1) is 19.9 Å². The lowest BCUT2D eigenvalue weighted by molar-refractivity contribution is 0.395. The van der Waals surface area contributed by atoms with Crippen LogP contribution in [0.15, 0.2) is 18.2 Å². The molecule has 0 spiro atoms. The van der Waals surface area contributed by atoms with Crippen LogP contribution in [-0.4, -0.2) is 19.2 Å². The van der Waals surface area contributed by atoms with Gasteiger partial charge in [-0.25, -0.2) is 0 Å². The maximum Gasteiger partial charge on any atom is 0.159 e. The molecule has 0 aliphatic carbocycles. The van der Waals surface area contributed by atoms with Crippen molar-refractivity contribution in [3.63, 3.8) is 0 Å². The van der Waals surface area contributed by atoms with E-state index in [1.54, 1.807) is 25.6 Å². The van der Waals surface area contributed by atoms with Crippen LogP contribution in [0.25, 0.3) is 11.3 Å². The van der Waals surface area contributed by atoms with Gasteiger partial charge in [-0.3, -0.25) is 0 Å². The number of H-pyrrole nitrogens is 1. The zero-order valence-corrected chi connectivity index (χ0v) is 11.5. The summed E-state index contributed by atoms with van der Waals surface area (Å²) in [6, 6.07) is 5.74. The summed E-state index contributed by atoms with van der Waals surface area (Å²) in [5.74, 6) is 1.55. The van der Waals surface area contributed by atoms with Crippen LogP contribution in [0, 0.1) is 10.9 Å². The van der Waals surface area contributed by atoms with Gasteiger partial charge in [0.25, 0.3) is 0 Å². The van der Waals surface area contributed by atoms with Crippen molar-refractivity contribution in [2.24, 2.45) is 0 Å². The van der Waals surface area contributed by atoms with Crippen LogP contribution in [0.4, 0.5) is 0 Å². The first-order chi connectivity index (χ1) is 8.15. The van der Waals surface area contributed by atoms with Gasteiger partial charge in [0, 0.05) is 16.5 Å². The largest absolute Gasteiger partial charge is 0.497 e. The van der Waals surface area contributed by atoms with E-state index in [-0.39, 0.29) is 0 Å². The van der Waals surface area contributed by atoms with Crippen molar-refractivity contribution in [3.05, 3.63) is 27.0 Å². The summed E-state index contributed by atoms with van der Waals surface area (Å²) in [6.07, 6.45) is 0. The van der Waals surface area contributed by atoms with Crippen molar-refractivity contribution >= 4 is 23.6 Å². The molecular formula is C12H13NO2S2. The smallest absolute Gasteiger partial charge is 0.159 e. The van der Waals surface area contributed by atoms with Crippen molar-refractivity contribution in [2.45, 2.75) is 6.92 Å². The van der Waals surface area contributed by atoms with Crippen molar-refractivity contribution < 1.29 is 9.47 Å². The topological polar surface area (TPSA) is 34.2 Å². The minimum absolute atomic E-state index is 0.773. The Kier molecular flexibility index (Phi) is 3.49. The first-order valence-corrected chi connectivity index (χ1v) is 6.30. The first kappa shape index (κ1) is 12.1. The summed E-state index contributed by atoms with van der Waals surface area (Å²) in [7, 11) is 3.28. The molecule has 0 radical (unpaired) electrons. The molecule has 0 amide bonds. The van der Waals surface area contributed by atoms with E-state index in [2.05, 4.69) is 4.98 Å². The highest BCUT2D eigenvalue weighted by Gasteiger charge is 2.11. The van der Waals surface area contributed by atoms with Crippen LogP contribution in [-0.2, 0) is 0 Å². The third-order valence-corrected chi connectivity index (χ3v) is 3.65. The van der Waals surface area contributed by atoms with E-state index in [1.807, 2.05) is 25.1 Å². The molecule has 0 unspecified atom stereocenters. The molecule has 3 nitrogen and oxygen atoms in total. The molecule has 0 saturated carbocycles. The second kappa shape index (κ2) is 4.89. The number of rotatable bonds is 3. The van der Waals surface area contributed by atoms with E-state index in [0.717, 1.165) is 31.6 Å². The third kappa shape index (κ3) is 2.35. The lowest BCUT2D eigenvalue weighted by Gasteiger charge is -2.09. The maximum absolute atomic E-state index is 5.38. The number of nitrogens with one attached hydrogen (secondary N) is 1. The Bertz CT molecular complexity index is 586. The number of thiazole rings is 1. The molecule has 5 heteroatoms. The number of hydrogen-bond donors (Lipinski definition) is 1. The fourth-order valence-corrected chi connectivity index (χ4v) is 2.84. The predicted molar refractivity (Wildman–Crippen MR) is 72.8 cm³/mol. The summed E-state index contributed by atoms with van der Waals surface area (Å²) in [5, 5.41) is 0. The molecule has 0 aliphatic heterocycles. The molecule has 1 aromatic heterocycles. The number of methoxy groups -OCH3 is 2. The molecule has 1 heterocycles. The van der Waals surface area contributed by atoms with Gasteiger partial charge in [-0.2, -0.15) is 0 Å². The van der Waals surface area contributed by atoms with Crippen LogP contribution in [0.3, 0.4) is 0 Å². The monoisotopic (exact) mass is 267 g/mol. The second-order valence-electron chi connectivity index (χ2n) is 3.51.